The van der Waals surface area contributed by atoms with Crippen molar-refractivity contribution in [1.29, 1.82) is 0 Å². The van der Waals surface area contributed by atoms with Gasteiger partial charge in [-0.25, -0.2) is 0 Å². The molecule has 0 aromatic heterocycles. The molecule has 58 valence electrons. The van der Waals surface area contributed by atoms with Gasteiger partial charge in [-0.1, -0.05) is 22.6 Å². The topological polar surface area (TPSA) is 37.4 Å². The lowest BCUT2D eigenvalue weighted by molar-refractivity contribution is -0.131. The molecule has 0 bridgehead atoms. The quantitative estimate of drug-likeness (QED) is 0.526. The van der Waals surface area contributed by atoms with Gasteiger partial charge in [0.2, 0.25) is 5.91 Å². The standard InChI is InChI=1S/C7H6INO2/c8-2-4-9-3-1-6(10)5-7(9)11/h1-4H,5H2/b4-2+. The van der Waals surface area contributed by atoms with Crippen molar-refractivity contribution in [3.63, 3.8) is 0 Å². The molecule has 0 aliphatic carbocycles. The van der Waals surface area contributed by atoms with Crippen LogP contribution in [0.4, 0.5) is 0 Å². The van der Waals surface area contributed by atoms with Gasteiger partial charge in [0, 0.05) is 12.4 Å². The molecule has 1 aliphatic rings. The van der Waals surface area contributed by atoms with Crippen LogP contribution in [0.5, 0.6) is 0 Å². The highest BCUT2D eigenvalue weighted by Crippen LogP contribution is 2.05. The molecule has 0 saturated heterocycles. The molecule has 0 unspecified atom stereocenters. The van der Waals surface area contributed by atoms with E-state index in [1.54, 1.807) is 10.3 Å². The molecule has 0 saturated carbocycles. The Balaban J connectivity index is 2.76. The van der Waals surface area contributed by atoms with E-state index >= 15 is 0 Å². The van der Waals surface area contributed by atoms with Crippen molar-refractivity contribution in [2.75, 3.05) is 0 Å². The van der Waals surface area contributed by atoms with Crippen LogP contribution in [0.2, 0.25) is 0 Å². The van der Waals surface area contributed by atoms with Gasteiger partial charge in [0.05, 0.1) is 6.42 Å². The van der Waals surface area contributed by atoms with Gasteiger partial charge in [0.15, 0.2) is 5.78 Å². The number of hydrogen-bond donors (Lipinski definition) is 0. The van der Waals surface area contributed by atoms with E-state index in [4.69, 9.17) is 0 Å². The Kier molecular flexibility index (Phi) is 2.81. The highest BCUT2D eigenvalue weighted by atomic mass is 127. The Morgan fingerprint density at radius 3 is 2.82 bits per heavy atom. The Morgan fingerprint density at radius 2 is 2.27 bits per heavy atom. The number of ketones is 1. The highest BCUT2D eigenvalue weighted by Gasteiger charge is 2.16. The van der Waals surface area contributed by atoms with Crippen LogP contribution in [0, 0.1) is 0 Å². The summed E-state index contributed by atoms with van der Waals surface area (Å²) in [6.45, 7) is 0. The maximum atomic E-state index is 11.0. The van der Waals surface area contributed by atoms with Crippen LogP contribution in [0.1, 0.15) is 6.42 Å². The zero-order valence-electron chi connectivity index (χ0n) is 5.66. The van der Waals surface area contributed by atoms with Gasteiger partial charge in [0.25, 0.3) is 0 Å². The molecule has 4 heteroatoms. The summed E-state index contributed by atoms with van der Waals surface area (Å²) in [6.07, 6.45) is 4.48. The first kappa shape index (κ1) is 8.45. The number of carbonyl (C=O) groups excluding carboxylic acids is 2. The van der Waals surface area contributed by atoms with Gasteiger partial charge >= 0.3 is 0 Å². The number of carbonyl (C=O) groups is 2. The SMILES string of the molecule is O=C1C=CN(/C=C/I)C(=O)C1. The second kappa shape index (κ2) is 3.66. The molecule has 0 radical (unpaired) electrons. The molecule has 1 heterocycles. The first-order valence-corrected chi connectivity index (χ1v) is 4.27. The zero-order chi connectivity index (χ0) is 8.27. The van der Waals surface area contributed by atoms with Gasteiger partial charge < -0.3 is 0 Å². The molecule has 0 aromatic carbocycles. The third-order valence-corrected chi connectivity index (χ3v) is 1.57. The van der Waals surface area contributed by atoms with Crippen LogP contribution in [-0.4, -0.2) is 16.6 Å². The molecule has 1 rings (SSSR count). The molecule has 11 heavy (non-hydrogen) atoms. The molecule has 0 N–H and O–H groups in total. The van der Waals surface area contributed by atoms with Gasteiger partial charge in [-0.05, 0) is 10.2 Å². The molecule has 0 spiro atoms. The van der Waals surface area contributed by atoms with E-state index in [0.29, 0.717) is 0 Å². The summed E-state index contributed by atoms with van der Waals surface area (Å²) in [5.41, 5.74) is 0. The minimum absolute atomic E-state index is 0.0164. The predicted molar refractivity (Wildman–Crippen MR) is 48.8 cm³/mol. The molecule has 1 amide bonds. The fraction of sp³-hybridized carbons (Fsp3) is 0.143. The molecular weight excluding hydrogens is 257 g/mol. The largest absolute Gasteiger partial charge is 0.294 e. The summed E-state index contributed by atoms with van der Waals surface area (Å²) in [5, 5.41) is 0. The minimum atomic E-state index is -0.176. The maximum Gasteiger partial charge on any atom is 0.238 e. The third kappa shape index (κ3) is 2.14. The zero-order valence-corrected chi connectivity index (χ0v) is 7.82. The van der Waals surface area contributed by atoms with Crippen molar-refractivity contribution >= 4 is 34.3 Å². The number of halogens is 1. The fourth-order valence-electron chi connectivity index (χ4n) is 0.739. The lowest BCUT2D eigenvalue weighted by Crippen LogP contribution is -2.26. The lowest BCUT2D eigenvalue weighted by Gasteiger charge is -2.15. The summed E-state index contributed by atoms with van der Waals surface area (Å²) in [5.74, 6) is -0.307. The monoisotopic (exact) mass is 263 g/mol. The molecule has 1 aliphatic heterocycles. The summed E-state index contributed by atoms with van der Waals surface area (Å²) in [6, 6.07) is 0. The van der Waals surface area contributed by atoms with Crippen molar-refractivity contribution in [3.05, 3.63) is 22.6 Å². The second-order valence-corrected chi connectivity index (χ2v) is 2.75. The van der Waals surface area contributed by atoms with E-state index < -0.39 is 0 Å². The third-order valence-electron chi connectivity index (χ3n) is 1.25. The minimum Gasteiger partial charge on any atom is -0.294 e. The van der Waals surface area contributed by atoms with Crippen LogP contribution in [0.15, 0.2) is 22.6 Å². The molecule has 0 aromatic rings. The Hall–Kier alpha value is -0.650. The fourth-order valence-corrected chi connectivity index (χ4v) is 1.09. The first-order chi connectivity index (χ1) is 5.24. The van der Waals surface area contributed by atoms with Crippen molar-refractivity contribution in [2.45, 2.75) is 6.42 Å². The predicted octanol–water partition coefficient (Wildman–Crippen LogP) is 1.21. The first-order valence-electron chi connectivity index (χ1n) is 3.03. The Morgan fingerprint density at radius 1 is 1.55 bits per heavy atom. The van der Waals surface area contributed by atoms with Crippen LogP contribution < -0.4 is 0 Å². The summed E-state index contributed by atoms with van der Waals surface area (Å²) < 4.78 is 1.72. The number of hydrogen-bond acceptors (Lipinski definition) is 2. The van der Waals surface area contributed by atoms with Crippen molar-refractivity contribution < 1.29 is 9.59 Å². The van der Waals surface area contributed by atoms with E-state index in [1.165, 1.54) is 17.2 Å². The molecule has 0 atom stereocenters. The number of nitrogens with zero attached hydrogens (tertiary/aromatic N) is 1. The van der Waals surface area contributed by atoms with Crippen LogP contribution >= 0.6 is 22.6 Å². The average Bonchev–Trinajstić information content (AvgIpc) is 1.95. The van der Waals surface area contributed by atoms with Gasteiger partial charge in [-0.15, -0.1) is 0 Å². The Bertz CT molecular complexity index is 245. The molecule has 3 nitrogen and oxygen atoms in total. The van der Waals surface area contributed by atoms with E-state index in [2.05, 4.69) is 0 Å². The van der Waals surface area contributed by atoms with Gasteiger partial charge in [-0.2, -0.15) is 0 Å². The lowest BCUT2D eigenvalue weighted by atomic mass is 10.2. The number of rotatable bonds is 1. The second-order valence-electron chi connectivity index (χ2n) is 2.03. The normalized spacial score (nSPS) is 18.5. The number of amides is 1. The van der Waals surface area contributed by atoms with E-state index in [-0.39, 0.29) is 18.1 Å². The van der Waals surface area contributed by atoms with Crippen LogP contribution in [0.3, 0.4) is 0 Å². The molecule has 0 fully saturated rings. The van der Waals surface area contributed by atoms with E-state index in [1.807, 2.05) is 22.6 Å². The van der Waals surface area contributed by atoms with Gasteiger partial charge in [0.1, 0.15) is 0 Å². The maximum absolute atomic E-state index is 11.0. The van der Waals surface area contributed by atoms with Crippen LogP contribution in [0.25, 0.3) is 0 Å². The number of allylic oxidation sites excluding steroid dienone is 1. The molecular formula is C7H6INO2. The summed E-state index contributed by atoms with van der Waals surface area (Å²) in [4.78, 5) is 23.1. The average molecular weight is 263 g/mol. The van der Waals surface area contributed by atoms with Gasteiger partial charge in [-0.3, -0.25) is 14.5 Å². The Labute approximate surface area is 77.9 Å². The van der Waals surface area contributed by atoms with E-state index in [0.717, 1.165) is 0 Å². The van der Waals surface area contributed by atoms with Crippen molar-refractivity contribution in [2.24, 2.45) is 0 Å². The van der Waals surface area contributed by atoms with Crippen molar-refractivity contribution in [1.82, 2.24) is 4.90 Å². The van der Waals surface area contributed by atoms with Crippen molar-refractivity contribution in [3.8, 4) is 0 Å². The summed E-state index contributed by atoms with van der Waals surface area (Å²) >= 11 is 2.01. The van der Waals surface area contributed by atoms with E-state index in [9.17, 15) is 9.59 Å². The smallest absolute Gasteiger partial charge is 0.238 e. The highest BCUT2D eigenvalue weighted by molar-refractivity contribution is 14.1. The van der Waals surface area contributed by atoms with Crippen LogP contribution in [-0.2, 0) is 9.59 Å². The summed E-state index contributed by atoms with van der Waals surface area (Å²) in [7, 11) is 0.